The largest absolute Gasteiger partial charge is 0.466 e. The molecule has 144 valence electrons. The summed E-state index contributed by atoms with van der Waals surface area (Å²) < 4.78 is 5.07. The number of fused-ring (bicyclic) bond motifs is 2. The van der Waals surface area contributed by atoms with Crippen molar-refractivity contribution in [2.45, 2.75) is 19.8 Å². The predicted molar refractivity (Wildman–Crippen MR) is 98.5 cm³/mol. The molecule has 8 nitrogen and oxygen atoms in total. The Kier molecular flexibility index (Phi) is 4.76. The number of carbonyl (C=O) groups is 4. The molecule has 0 unspecified atom stereocenters. The molecule has 4 rings (SSSR count). The molecule has 0 bridgehead atoms. The smallest absolute Gasteiger partial charge is 0.310 e. The molecular weight excluding hydrogens is 382 g/mol. The van der Waals surface area contributed by atoms with E-state index in [1.54, 1.807) is 11.8 Å². The van der Waals surface area contributed by atoms with Crippen molar-refractivity contribution in [2.75, 3.05) is 19.7 Å². The summed E-state index contributed by atoms with van der Waals surface area (Å²) in [5.74, 6) is -1.75. The number of aromatic nitrogens is 2. The number of ether oxygens (including phenoxy) is 1. The van der Waals surface area contributed by atoms with Crippen LogP contribution < -0.4 is 0 Å². The Morgan fingerprint density at radius 2 is 1.93 bits per heavy atom. The van der Waals surface area contributed by atoms with E-state index in [0.29, 0.717) is 30.9 Å². The minimum Gasteiger partial charge on any atom is -0.466 e. The van der Waals surface area contributed by atoms with Crippen molar-refractivity contribution in [1.29, 1.82) is 0 Å². The lowest BCUT2D eigenvalue weighted by atomic mass is 9.96. The second-order valence-corrected chi connectivity index (χ2v) is 7.66. The van der Waals surface area contributed by atoms with Gasteiger partial charge in [0.15, 0.2) is 0 Å². The first-order valence-electron chi connectivity index (χ1n) is 9.01. The monoisotopic (exact) mass is 399 g/mol. The maximum Gasteiger partial charge on any atom is 0.310 e. The van der Waals surface area contributed by atoms with E-state index in [4.69, 9.17) is 4.74 Å². The fourth-order valence-electron chi connectivity index (χ4n) is 3.51. The lowest BCUT2D eigenvalue weighted by Crippen LogP contribution is -2.42. The number of hydrogen-bond acceptors (Lipinski definition) is 8. The first-order chi connectivity index (χ1) is 13.5. The highest BCUT2D eigenvalue weighted by Gasteiger charge is 2.36. The maximum absolute atomic E-state index is 13.0. The van der Waals surface area contributed by atoms with E-state index >= 15 is 0 Å². The molecule has 1 amide bonds. The Balaban J connectivity index is 1.60. The first-order valence-corrected chi connectivity index (χ1v) is 9.83. The van der Waals surface area contributed by atoms with E-state index in [0.717, 1.165) is 11.3 Å². The molecule has 0 N–H and O–H groups in total. The summed E-state index contributed by atoms with van der Waals surface area (Å²) in [6.45, 7) is 2.83. The molecule has 1 atom stereocenters. The fourth-order valence-corrected chi connectivity index (χ4v) is 4.57. The van der Waals surface area contributed by atoms with E-state index in [1.807, 2.05) is 0 Å². The summed E-state index contributed by atoms with van der Waals surface area (Å²) in [6, 6.07) is 1.45. The van der Waals surface area contributed by atoms with Crippen LogP contribution in [0.2, 0.25) is 0 Å². The minimum absolute atomic E-state index is 0.0112. The third kappa shape index (κ3) is 3.01. The highest BCUT2D eigenvalue weighted by Crippen LogP contribution is 2.33. The molecule has 3 heterocycles. The first kappa shape index (κ1) is 18.4. The van der Waals surface area contributed by atoms with Gasteiger partial charge in [-0.05, 0) is 25.8 Å². The number of likely N-dealkylation sites (tertiary alicyclic amines) is 1. The number of amides is 1. The normalized spacial score (nSPS) is 18.5. The zero-order valence-electron chi connectivity index (χ0n) is 15.1. The van der Waals surface area contributed by atoms with Crippen LogP contribution in [0.25, 0.3) is 0 Å². The van der Waals surface area contributed by atoms with Gasteiger partial charge in [-0.2, -0.15) is 0 Å². The molecule has 2 aromatic rings. The zero-order valence-corrected chi connectivity index (χ0v) is 16.0. The summed E-state index contributed by atoms with van der Waals surface area (Å²) in [4.78, 5) is 60.3. The van der Waals surface area contributed by atoms with Crippen LogP contribution in [-0.4, -0.2) is 58.0 Å². The molecule has 0 saturated carbocycles. The standard InChI is InChI=1S/C19H17N3O5S/c1-2-27-19(26)10-4-3-7-22(9-10)18(25)12-8-11-15(23)13-14(21-6-5-20-13)16(24)17(11)28-12/h5-6,8,10H,2-4,7,9H2,1H3/t10-/m1/s1. The maximum atomic E-state index is 13.0. The van der Waals surface area contributed by atoms with E-state index in [9.17, 15) is 19.2 Å². The van der Waals surface area contributed by atoms with E-state index < -0.39 is 11.6 Å². The predicted octanol–water partition coefficient (Wildman–Crippen LogP) is 1.73. The quantitative estimate of drug-likeness (QED) is 0.617. The number of piperidine rings is 1. The van der Waals surface area contributed by atoms with Crippen molar-refractivity contribution in [3.63, 3.8) is 0 Å². The van der Waals surface area contributed by atoms with Crippen molar-refractivity contribution in [3.05, 3.63) is 45.2 Å². The van der Waals surface area contributed by atoms with E-state index in [1.165, 1.54) is 18.5 Å². The molecule has 1 saturated heterocycles. The molecule has 0 radical (unpaired) electrons. The Morgan fingerprint density at radius 3 is 2.64 bits per heavy atom. The summed E-state index contributed by atoms with van der Waals surface area (Å²) in [6.07, 6.45) is 4.08. The Hall–Kier alpha value is -2.94. The van der Waals surface area contributed by atoms with Gasteiger partial charge in [-0.15, -0.1) is 11.3 Å². The summed E-state index contributed by atoms with van der Waals surface area (Å²) in [5, 5.41) is 0. The van der Waals surface area contributed by atoms with Gasteiger partial charge in [-0.1, -0.05) is 0 Å². The molecule has 1 fully saturated rings. The average Bonchev–Trinajstić information content (AvgIpc) is 3.18. The van der Waals surface area contributed by atoms with Crippen molar-refractivity contribution < 1.29 is 23.9 Å². The molecule has 1 aliphatic heterocycles. The van der Waals surface area contributed by atoms with Gasteiger partial charge < -0.3 is 9.64 Å². The summed E-state index contributed by atoms with van der Waals surface area (Å²) >= 11 is 0.987. The van der Waals surface area contributed by atoms with Crippen molar-refractivity contribution in [1.82, 2.24) is 14.9 Å². The molecule has 9 heteroatoms. The number of nitrogens with zero attached hydrogens (tertiary/aromatic N) is 3. The third-order valence-corrected chi connectivity index (χ3v) is 5.97. The van der Waals surface area contributed by atoms with Crippen molar-refractivity contribution in [3.8, 4) is 0 Å². The molecule has 0 spiro atoms. The molecule has 28 heavy (non-hydrogen) atoms. The molecule has 1 aliphatic carbocycles. The van der Waals surface area contributed by atoms with Gasteiger partial charge in [-0.3, -0.25) is 19.2 Å². The van der Waals surface area contributed by atoms with Crippen LogP contribution in [-0.2, 0) is 9.53 Å². The molecule has 2 aliphatic rings. The van der Waals surface area contributed by atoms with Crippen LogP contribution in [0.1, 0.15) is 60.9 Å². The lowest BCUT2D eigenvalue weighted by Gasteiger charge is -2.31. The summed E-state index contributed by atoms with van der Waals surface area (Å²) in [7, 11) is 0. The van der Waals surface area contributed by atoms with Crippen LogP contribution in [0.15, 0.2) is 18.5 Å². The van der Waals surface area contributed by atoms with Gasteiger partial charge in [0.05, 0.1) is 22.3 Å². The van der Waals surface area contributed by atoms with Crippen LogP contribution in [0.3, 0.4) is 0 Å². The van der Waals surface area contributed by atoms with Crippen molar-refractivity contribution in [2.24, 2.45) is 5.92 Å². The van der Waals surface area contributed by atoms with Gasteiger partial charge in [0.1, 0.15) is 11.4 Å². The van der Waals surface area contributed by atoms with Crippen LogP contribution in [0.4, 0.5) is 0 Å². The van der Waals surface area contributed by atoms with Crippen molar-refractivity contribution >= 4 is 34.8 Å². The second kappa shape index (κ2) is 7.23. The minimum atomic E-state index is -0.406. The number of rotatable bonds is 3. The number of esters is 1. The van der Waals surface area contributed by atoms with Gasteiger partial charge in [0.25, 0.3) is 5.91 Å². The Bertz CT molecular complexity index is 947. The average molecular weight is 399 g/mol. The van der Waals surface area contributed by atoms with Crippen LogP contribution in [0.5, 0.6) is 0 Å². The highest BCUT2D eigenvalue weighted by molar-refractivity contribution is 7.16. The van der Waals surface area contributed by atoms with Gasteiger partial charge >= 0.3 is 5.97 Å². The van der Waals surface area contributed by atoms with Crippen LogP contribution >= 0.6 is 11.3 Å². The lowest BCUT2D eigenvalue weighted by molar-refractivity contribution is -0.149. The molecular formula is C19H17N3O5S. The highest BCUT2D eigenvalue weighted by atomic mass is 32.1. The summed E-state index contributed by atoms with van der Waals surface area (Å²) in [5.41, 5.74) is 0.212. The fraction of sp³-hybridized carbons (Fsp3) is 0.368. The number of thiophene rings is 1. The molecule has 0 aromatic carbocycles. The number of carbonyl (C=O) groups excluding carboxylic acids is 4. The zero-order chi connectivity index (χ0) is 19.8. The SMILES string of the molecule is CCOC(=O)[C@@H]1CCCN(C(=O)c2cc3c(s2)C(=O)c2nccnc2C3=O)C1. The van der Waals surface area contributed by atoms with E-state index in [2.05, 4.69) is 9.97 Å². The third-order valence-electron chi connectivity index (χ3n) is 4.85. The number of ketones is 2. The Labute approximate surface area is 164 Å². The van der Waals surface area contributed by atoms with Gasteiger partial charge in [-0.25, -0.2) is 9.97 Å². The van der Waals surface area contributed by atoms with E-state index in [-0.39, 0.29) is 46.2 Å². The number of hydrogen-bond donors (Lipinski definition) is 0. The topological polar surface area (TPSA) is 107 Å². The second-order valence-electron chi connectivity index (χ2n) is 6.61. The Morgan fingerprint density at radius 1 is 1.21 bits per heavy atom. The molecule has 2 aromatic heterocycles. The van der Waals surface area contributed by atoms with Gasteiger partial charge in [0, 0.05) is 31.0 Å². The van der Waals surface area contributed by atoms with Crippen LogP contribution in [0, 0.1) is 5.92 Å². The van der Waals surface area contributed by atoms with Gasteiger partial charge in [0.2, 0.25) is 11.6 Å².